The number of Topliss-reactive ketones (excluding diaryl/α,β-unsaturated/α-hetero) is 1. The van der Waals surface area contributed by atoms with Crippen LogP contribution in [0.4, 0.5) is 0 Å². The number of ketones is 1. The van der Waals surface area contributed by atoms with Crippen LogP contribution in [0.2, 0.25) is 0 Å². The highest BCUT2D eigenvalue weighted by Gasteiger charge is 2.11. The van der Waals surface area contributed by atoms with Crippen LogP contribution >= 0.6 is 11.3 Å². The van der Waals surface area contributed by atoms with Crippen molar-refractivity contribution in [3.8, 4) is 11.3 Å². The van der Waals surface area contributed by atoms with E-state index < -0.39 is 18.2 Å². The summed E-state index contributed by atoms with van der Waals surface area (Å²) in [6.07, 6.45) is -0.486. The quantitative estimate of drug-likeness (QED) is 0.665. The number of carbonyl (C=O) groups excluding carboxylic acids is 1. The minimum absolute atomic E-state index is 0.394. The van der Waals surface area contributed by atoms with Crippen molar-refractivity contribution >= 4 is 23.1 Å². The molecule has 0 spiro atoms. The molecule has 17 heavy (non-hydrogen) atoms. The van der Waals surface area contributed by atoms with Gasteiger partial charge >= 0.3 is 5.97 Å². The Labute approximate surface area is 102 Å². The maximum Gasteiger partial charge on any atom is 0.311 e. The zero-order chi connectivity index (χ0) is 12.3. The smallest absolute Gasteiger partial charge is 0.311 e. The Morgan fingerprint density at radius 1 is 1.35 bits per heavy atom. The van der Waals surface area contributed by atoms with Crippen molar-refractivity contribution < 1.29 is 14.7 Å². The first kappa shape index (κ1) is 11.5. The van der Waals surface area contributed by atoms with Gasteiger partial charge in [0.2, 0.25) is 0 Å². The first-order valence-corrected chi connectivity index (χ1v) is 5.85. The standard InChI is InChI=1S/C12H9NO3S/c14-11(5-12(15)16)9-3-1-2-8(4-9)10-6-17-7-13-10/h1-4,6-7H,5H2,(H,15,16). The molecule has 0 aliphatic heterocycles. The Hall–Kier alpha value is -2.01. The molecule has 0 atom stereocenters. The molecule has 1 aromatic heterocycles. The molecular formula is C12H9NO3S. The second kappa shape index (κ2) is 4.88. The predicted octanol–water partition coefficient (Wildman–Crippen LogP) is 2.47. The van der Waals surface area contributed by atoms with Gasteiger partial charge in [0.15, 0.2) is 5.78 Å². The fourth-order valence-electron chi connectivity index (χ4n) is 1.45. The first-order valence-electron chi connectivity index (χ1n) is 4.90. The number of aliphatic carboxylic acids is 1. The number of carboxylic acids is 1. The average molecular weight is 247 g/mol. The summed E-state index contributed by atoms with van der Waals surface area (Å²) in [5.74, 6) is -1.51. The third-order valence-corrected chi connectivity index (χ3v) is 2.81. The number of carbonyl (C=O) groups is 2. The fraction of sp³-hybridized carbons (Fsp3) is 0.0833. The topological polar surface area (TPSA) is 67.3 Å². The van der Waals surface area contributed by atoms with Gasteiger partial charge < -0.3 is 5.11 Å². The highest BCUT2D eigenvalue weighted by atomic mass is 32.1. The SMILES string of the molecule is O=C(O)CC(=O)c1cccc(-c2cscn2)c1. The number of carboxylic acid groups (broad SMARTS) is 1. The van der Waals surface area contributed by atoms with E-state index in [1.165, 1.54) is 11.3 Å². The van der Waals surface area contributed by atoms with Crippen molar-refractivity contribution in [2.75, 3.05) is 0 Å². The highest BCUT2D eigenvalue weighted by molar-refractivity contribution is 7.07. The minimum Gasteiger partial charge on any atom is -0.481 e. The van der Waals surface area contributed by atoms with Crippen LogP contribution in [0.5, 0.6) is 0 Å². The molecule has 2 rings (SSSR count). The molecule has 0 unspecified atom stereocenters. The van der Waals surface area contributed by atoms with Gasteiger partial charge in [0.05, 0.1) is 11.2 Å². The van der Waals surface area contributed by atoms with Crippen molar-refractivity contribution in [3.63, 3.8) is 0 Å². The van der Waals surface area contributed by atoms with Gasteiger partial charge in [-0.2, -0.15) is 0 Å². The van der Waals surface area contributed by atoms with Crippen molar-refractivity contribution in [2.45, 2.75) is 6.42 Å². The van der Waals surface area contributed by atoms with E-state index in [0.717, 1.165) is 11.3 Å². The maximum atomic E-state index is 11.6. The van der Waals surface area contributed by atoms with Crippen LogP contribution in [0.3, 0.4) is 0 Å². The monoisotopic (exact) mass is 247 g/mol. The van der Waals surface area contributed by atoms with Crippen molar-refractivity contribution in [2.24, 2.45) is 0 Å². The van der Waals surface area contributed by atoms with E-state index in [1.807, 2.05) is 11.4 Å². The van der Waals surface area contributed by atoms with Crippen LogP contribution in [0, 0.1) is 0 Å². The third-order valence-electron chi connectivity index (χ3n) is 2.22. The van der Waals surface area contributed by atoms with Gasteiger partial charge in [0, 0.05) is 16.5 Å². The normalized spacial score (nSPS) is 10.1. The Kier molecular flexibility index (Phi) is 3.30. The molecule has 0 saturated carbocycles. The molecule has 86 valence electrons. The van der Waals surface area contributed by atoms with Crippen LogP contribution in [0.25, 0.3) is 11.3 Å². The Bertz CT molecular complexity index is 549. The molecular weight excluding hydrogens is 238 g/mol. The second-order valence-electron chi connectivity index (χ2n) is 3.45. The summed E-state index contributed by atoms with van der Waals surface area (Å²) >= 11 is 1.47. The van der Waals surface area contributed by atoms with Gasteiger partial charge in [-0.05, 0) is 6.07 Å². The Morgan fingerprint density at radius 3 is 2.82 bits per heavy atom. The molecule has 0 aliphatic rings. The number of rotatable bonds is 4. The molecule has 0 amide bonds. The lowest BCUT2D eigenvalue weighted by atomic mass is 10.0. The van der Waals surface area contributed by atoms with Gasteiger partial charge in [-0.25, -0.2) is 4.98 Å². The molecule has 1 aromatic carbocycles. The van der Waals surface area contributed by atoms with Crippen molar-refractivity contribution in [1.29, 1.82) is 0 Å². The lowest BCUT2D eigenvalue weighted by Gasteiger charge is -2.01. The van der Waals surface area contributed by atoms with Gasteiger partial charge in [-0.1, -0.05) is 18.2 Å². The number of benzene rings is 1. The number of hydrogen-bond acceptors (Lipinski definition) is 4. The van der Waals surface area contributed by atoms with Gasteiger partial charge in [-0.3, -0.25) is 9.59 Å². The van der Waals surface area contributed by atoms with E-state index in [0.29, 0.717) is 5.56 Å². The molecule has 4 nitrogen and oxygen atoms in total. The van der Waals surface area contributed by atoms with Crippen LogP contribution < -0.4 is 0 Å². The Morgan fingerprint density at radius 2 is 2.18 bits per heavy atom. The largest absolute Gasteiger partial charge is 0.481 e. The molecule has 0 radical (unpaired) electrons. The van der Waals surface area contributed by atoms with Gasteiger partial charge in [-0.15, -0.1) is 11.3 Å². The first-order chi connectivity index (χ1) is 8.16. The summed E-state index contributed by atoms with van der Waals surface area (Å²) in [5.41, 5.74) is 3.72. The van der Waals surface area contributed by atoms with Crippen LogP contribution in [-0.4, -0.2) is 21.8 Å². The maximum absolute atomic E-state index is 11.6. The van der Waals surface area contributed by atoms with Crippen molar-refractivity contribution in [3.05, 3.63) is 40.7 Å². The summed E-state index contributed by atoms with van der Waals surface area (Å²) < 4.78 is 0. The van der Waals surface area contributed by atoms with Crippen LogP contribution in [0.1, 0.15) is 16.8 Å². The number of hydrogen-bond donors (Lipinski definition) is 1. The van der Waals surface area contributed by atoms with E-state index >= 15 is 0 Å². The molecule has 0 saturated heterocycles. The van der Waals surface area contributed by atoms with E-state index in [-0.39, 0.29) is 0 Å². The molecule has 2 aromatic rings. The summed E-state index contributed by atoms with van der Waals surface area (Å²) in [5, 5.41) is 10.4. The van der Waals surface area contributed by atoms with Gasteiger partial charge in [0.1, 0.15) is 6.42 Å². The lowest BCUT2D eigenvalue weighted by molar-refractivity contribution is -0.135. The lowest BCUT2D eigenvalue weighted by Crippen LogP contribution is -2.06. The van der Waals surface area contributed by atoms with Gasteiger partial charge in [0.25, 0.3) is 0 Å². The number of aromatic nitrogens is 1. The molecule has 1 N–H and O–H groups in total. The summed E-state index contributed by atoms with van der Waals surface area (Å²) in [4.78, 5) is 26.2. The average Bonchev–Trinajstić information content (AvgIpc) is 2.82. The minimum atomic E-state index is -1.12. The van der Waals surface area contributed by atoms with E-state index in [1.54, 1.807) is 23.7 Å². The van der Waals surface area contributed by atoms with E-state index in [4.69, 9.17) is 5.11 Å². The van der Waals surface area contributed by atoms with Crippen LogP contribution in [0.15, 0.2) is 35.2 Å². The fourth-order valence-corrected chi connectivity index (χ4v) is 2.01. The molecule has 5 heteroatoms. The zero-order valence-electron chi connectivity index (χ0n) is 8.79. The summed E-state index contributed by atoms with van der Waals surface area (Å²) in [7, 11) is 0. The number of thiazole rings is 1. The zero-order valence-corrected chi connectivity index (χ0v) is 9.61. The van der Waals surface area contributed by atoms with Crippen LogP contribution in [-0.2, 0) is 4.79 Å². The number of nitrogens with zero attached hydrogens (tertiary/aromatic N) is 1. The van der Waals surface area contributed by atoms with E-state index in [9.17, 15) is 9.59 Å². The third kappa shape index (κ3) is 2.76. The summed E-state index contributed by atoms with van der Waals surface area (Å²) in [6.45, 7) is 0. The van der Waals surface area contributed by atoms with E-state index in [2.05, 4.69) is 4.98 Å². The molecule has 0 bridgehead atoms. The second-order valence-corrected chi connectivity index (χ2v) is 4.17. The summed E-state index contributed by atoms with van der Waals surface area (Å²) in [6, 6.07) is 6.85. The molecule has 0 aliphatic carbocycles. The molecule has 0 fully saturated rings. The predicted molar refractivity (Wildman–Crippen MR) is 64.1 cm³/mol. The Balaban J connectivity index is 2.29. The molecule has 1 heterocycles. The van der Waals surface area contributed by atoms with Crippen molar-refractivity contribution in [1.82, 2.24) is 4.98 Å². The highest BCUT2D eigenvalue weighted by Crippen LogP contribution is 2.20.